The lowest BCUT2D eigenvalue weighted by Crippen LogP contribution is -2.56. The van der Waals surface area contributed by atoms with Crippen molar-refractivity contribution in [2.45, 2.75) is 84.5 Å². The topological polar surface area (TPSA) is 89.9 Å². The highest BCUT2D eigenvalue weighted by molar-refractivity contribution is 7.10. The highest BCUT2D eigenvalue weighted by atomic mass is 32.1. The van der Waals surface area contributed by atoms with E-state index < -0.39 is 52.3 Å². The molecule has 1 aromatic heterocycles. The first-order valence-corrected chi connectivity index (χ1v) is 10.7. The molecule has 0 spiro atoms. The van der Waals surface area contributed by atoms with Crippen molar-refractivity contribution in [2.75, 3.05) is 0 Å². The Labute approximate surface area is 176 Å². The summed E-state index contributed by atoms with van der Waals surface area (Å²) in [5, 5.41) is 12.9. The van der Waals surface area contributed by atoms with Crippen LogP contribution in [0.2, 0.25) is 0 Å². The molecule has 1 N–H and O–H groups in total. The molecule has 1 aliphatic carbocycles. The summed E-state index contributed by atoms with van der Waals surface area (Å²) in [6.07, 6.45) is -0.318. The predicted molar refractivity (Wildman–Crippen MR) is 111 cm³/mol. The highest BCUT2D eigenvalue weighted by Crippen LogP contribution is 2.49. The second-order valence-corrected chi connectivity index (χ2v) is 11.0. The normalized spacial score (nSPS) is 28.2. The van der Waals surface area contributed by atoms with Crippen LogP contribution in [0.15, 0.2) is 11.4 Å². The minimum Gasteiger partial charge on any atom is -0.460 e. The molecule has 6 nitrogen and oxygen atoms in total. The molecule has 29 heavy (non-hydrogen) atoms. The summed E-state index contributed by atoms with van der Waals surface area (Å²) in [5.74, 6) is -4.83. The van der Waals surface area contributed by atoms with Gasteiger partial charge in [-0.3, -0.25) is 14.4 Å². The van der Waals surface area contributed by atoms with E-state index in [0.29, 0.717) is 4.88 Å². The van der Waals surface area contributed by atoms with Crippen LogP contribution < -0.4 is 0 Å². The van der Waals surface area contributed by atoms with Crippen LogP contribution in [0.5, 0.6) is 0 Å². The van der Waals surface area contributed by atoms with E-state index in [1.54, 1.807) is 41.5 Å². The van der Waals surface area contributed by atoms with Gasteiger partial charge < -0.3 is 14.6 Å². The number of Topliss-reactive ketones (excluding diaryl/α,β-unsaturated/α-hetero) is 1. The van der Waals surface area contributed by atoms with Gasteiger partial charge in [0.25, 0.3) is 0 Å². The minimum atomic E-state index is -1.64. The van der Waals surface area contributed by atoms with Crippen molar-refractivity contribution in [3.05, 3.63) is 21.9 Å². The van der Waals surface area contributed by atoms with Gasteiger partial charge in [0.15, 0.2) is 5.78 Å². The SMILES string of the molecule is Cc1ccsc1C1C(C(=O)OC(C)(C)C)C(=O)CC(C)(O)C1C(=O)OC(C)(C)C. The number of hydrogen-bond donors (Lipinski definition) is 1. The molecule has 4 atom stereocenters. The number of carbonyl (C=O) groups excluding carboxylic acids is 3. The molecule has 1 fully saturated rings. The second kappa shape index (κ2) is 7.84. The Hall–Kier alpha value is -1.73. The van der Waals surface area contributed by atoms with Crippen LogP contribution in [-0.2, 0) is 23.9 Å². The number of carbonyl (C=O) groups is 3. The molecule has 0 radical (unpaired) electrons. The van der Waals surface area contributed by atoms with Crippen LogP contribution in [0.3, 0.4) is 0 Å². The van der Waals surface area contributed by atoms with Crippen molar-refractivity contribution in [3.63, 3.8) is 0 Å². The molecule has 0 amide bonds. The van der Waals surface area contributed by atoms with E-state index in [1.165, 1.54) is 18.3 Å². The van der Waals surface area contributed by atoms with Crippen molar-refractivity contribution in [2.24, 2.45) is 11.8 Å². The number of aliphatic hydroxyl groups is 1. The van der Waals surface area contributed by atoms with Crippen molar-refractivity contribution in [3.8, 4) is 0 Å². The quantitative estimate of drug-likeness (QED) is 0.587. The Morgan fingerprint density at radius 1 is 1.10 bits per heavy atom. The van der Waals surface area contributed by atoms with Gasteiger partial charge >= 0.3 is 11.9 Å². The van der Waals surface area contributed by atoms with Gasteiger partial charge in [0.2, 0.25) is 0 Å². The number of ketones is 1. The van der Waals surface area contributed by atoms with Gasteiger partial charge in [-0.05, 0) is 72.4 Å². The molecule has 7 heteroatoms. The Balaban J connectivity index is 2.61. The molecule has 0 aromatic carbocycles. The van der Waals surface area contributed by atoms with Crippen molar-refractivity contribution < 1.29 is 29.0 Å². The van der Waals surface area contributed by atoms with Gasteiger partial charge in [-0.1, -0.05) is 0 Å². The van der Waals surface area contributed by atoms with Crippen LogP contribution in [0.1, 0.15) is 71.2 Å². The zero-order valence-corrected chi connectivity index (χ0v) is 19.3. The summed E-state index contributed by atoms with van der Waals surface area (Å²) in [7, 11) is 0. The molecular formula is C22H32O6S. The largest absolute Gasteiger partial charge is 0.460 e. The average molecular weight is 425 g/mol. The smallest absolute Gasteiger partial charge is 0.317 e. The number of aryl methyl sites for hydroxylation is 1. The zero-order valence-electron chi connectivity index (χ0n) is 18.5. The number of hydrogen-bond acceptors (Lipinski definition) is 7. The summed E-state index contributed by atoms with van der Waals surface area (Å²) in [6, 6.07) is 1.87. The Morgan fingerprint density at radius 2 is 1.62 bits per heavy atom. The van der Waals surface area contributed by atoms with Crippen LogP contribution in [0.25, 0.3) is 0 Å². The van der Waals surface area contributed by atoms with Gasteiger partial charge in [0.05, 0.1) is 11.5 Å². The molecule has 1 saturated carbocycles. The fourth-order valence-electron chi connectivity index (χ4n) is 3.79. The number of thiophene rings is 1. The maximum atomic E-state index is 13.2. The van der Waals surface area contributed by atoms with E-state index in [-0.39, 0.29) is 6.42 Å². The fraction of sp³-hybridized carbons (Fsp3) is 0.682. The zero-order chi connectivity index (χ0) is 22.4. The lowest BCUT2D eigenvalue weighted by atomic mass is 9.63. The Morgan fingerprint density at radius 3 is 2.07 bits per heavy atom. The third-order valence-corrected chi connectivity index (χ3v) is 5.91. The lowest BCUT2D eigenvalue weighted by molar-refractivity contribution is -0.182. The van der Waals surface area contributed by atoms with Gasteiger partial charge in [0, 0.05) is 17.2 Å². The third kappa shape index (κ3) is 5.45. The average Bonchev–Trinajstić information content (AvgIpc) is 2.86. The summed E-state index contributed by atoms with van der Waals surface area (Å²) < 4.78 is 11.1. The van der Waals surface area contributed by atoms with Crippen LogP contribution in [-0.4, -0.2) is 39.6 Å². The number of esters is 2. The first-order chi connectivity index (χ1) is 13.0. The van der Waals surface area contributed by atoms with Crippen molar-refractivity contribution in [1.82, 2.24) is 0 Å². The van der Waals surface area contributed by atoms with Crippen LogP contribution >= 0.6 is 11.3 Å². The van der Waals surface area contributed by atoms with Gasteiger partial charge in [-0.25, -0.2) is 0 Å². The van der Waals surface area contributed by atoms with E-state index in [2.05, 4.69) is 0 Å². The molecule has 2 rings (SSSR count). The summed E-state index contributed by atoms with van der Waals surface area (Å²) in [6.45, 7) is 13.7. The van der Waals surface area contributed by atoms with Crippen molar-refractivity contribution in [1.29, 1.82) is 0 Å². The first-order valence-electron chi connectivity index (χ1n) is 9.78. The number of rotatable bonds is 3. The fourth-order valence-corrected chi connectivity index (χ4v) is 4.89. The molecule has 1 heterocycles. The van der Waals surface area contributed by atoms with E-state index >= 15 is 0 Å². The molecule has 0 saturated heterocycles. The Kier molecular flexibility index (Phi) is 6.36. The molecule has 0 aliphatic heterocycles. The Bertz CT molecular complexity index is 793. The standard InChI is InChI=1S/C22H32O6S/c1-12-9-10-29-17(12)15-14(18(24)27-20(2,3)4)13(23)11-22(8,26)16(15)19(25)28-21(5,6)7/h9-10,14-16,26H,11H2,1-8H3. The maximum absolute atomic E-state index is 13.2. The second-order valence-electron chi connectivity index (χ2n) is 10.0. The predicted octanol–water partition coefficient (Wildman–Crippen LogP) is 3.78. The summed E-state index contributed by atoms with van der Waals surface area (Å²) in [4.78, 5) is 39.9. The molecular weight excluding hydrogens is 392 g/mol. The maximum Gasteiger partial charge on any atom is 0.317 e. The molecule has 1 aromatic rings. The van der Waals surface area contributed by atoms with Crippen LogP contribution in [0, 0.1) is 18.8 Å². The molecule has 4 unspecified atom stereocenters. The van der Waals surface area contributed by atoms with Gasteiger partial charge in [-0.2, -0.15) is 0 Å². The number of ether oxygens (including phenoxy) is 2. The van der Waals surface area contributed by atoms with Gasteiger partial charge in [0.1, 0.15) is 17.1 Å². The van der Waals surface area contributed by atoms with Crippen molar-refractivity contribution >= 4 is 29.1 Å². The van der Waals surface area contributed by atoms with E-state index in [1.807, 2.05) is 18.4 Å². The van der Waals surface area contributed by atoms with Gasteiger partial charge in [-0.15, -0.1) is 11.3 Å². The minimum absolute atomic E-state index is 0.318. The summed E-state index contributed by atoms with van der Waals surface area (Å²) in [5.41, 5.74) is -2.34. The van der Waals surface area contributed by atoms with Crippen LogP contribution in [0.4, 0.5) is 0 Å². The lowest BCUT2D eigenvalue weighted by Gasteiger charge is -2.44. The molecule has 1 aliphatic rings. The van der Waals surface area contributed by atoms with E-state index in [4.69, 9.17) is 9.47 Å². The summed E-state index contributed by atoms with van der Waals surface area (Å²) >= 11 is 1.36. The monoisotopic (exact) mass is 424 g/mol. The first kappa shape index (κ1) is 23.5. The third-order valence-electron chi connectivity index (χ3n) is 4.79. The molecule has 0 bridgehead atoms. The van der Waals surface area contributed by atoms with E-state index in [9.17, 15) is 19.5 Å². The van der Waals surface area contributed by atoms with E-state index in [0.717, 1.165) is 5.56 Å². The highest BCUT2D eigenvalue weighted by Gasteiger charge is 2.58. The molecule has 162 valence electrons.